The summed E-state index contributed by atoms with van der Waals surface area (Å²) in [5, 5.41) is 22.1. The van der Waals surface area contributed by atoms with Crippen LogP contribution in [0.3, 0.4) is 0 Å². The van der Waals surface area contributed by atoms with Gasteiger partial charge in [-0.2, -0.15) is 0 Å². The molecule has 0 aromatic heterocycles. The van der Waals surface area contributed by atoms with Crippen molar-refractivity contribution in [3.8, 4) is 0 Å². The minimum Gasteiger partial charge on any atom is -0.870 e. The van der Waals surface area contributed by atoms with Crippen LogP contribution in [0.5, 0.6) is 0 Å². The van der Waals surface area contributed by atoms with Gasteiger partial charge in [0.15, 0.2) is 0 Å². The summed E-state index contributed by atoms with van der Waals surface area (Å²) in [5.74, 6) is -1.35. The molecule has 2 aromatic carbocycles. The molecule has 4 rings (SSSR count). The van der Waals surface area contributed by atoms with Crippen LogP contribution in [-0.2, 0) is 40.3 Å². The first-order valence-electron chi connectivity index (χ1n) is 14.2. The van der Waals surface area contributed by atoms with Crippen LogP contribution in [0.25, 0.3) is 0 Å². The van der Waals surface area contributed by atoms with Crippen molar-refractivity contribution in [1.29, 1.82) is 0 Å². The molecule has 2 atom stereocenters. The maximum Gasteiger partial charge on any atom is 1.00 e. The molecule has 4 amide bonds. The number of aliphatic hydroxyl groups excluding tert-OH is 1. The van der Waals surface area contributed by atoms with Gasteiger partial charge in [-0.15, -0.1) is 0 Å². The van der Waals surface area contributed by atoms with E-state index in [9.17, 15) is 24.3 Å². The van der Waals surface area contributed by atoms with Crippen LogP contribution in [0.4, 0.5) is 9.59 Å². The quantitative estimate of drug-likeness (QED) is 0.280. The number of carbonyl (C=O) groups excluding carboxylic acids is 3. The molecule has 0 saturated carbocycles. The minimum atomic E-state index is -0.969. The Balaban J connectivity index is 0. The molecule has 0 bridgehead atoms. The third-order valence-electron chi connectivity index (χ3n) is 6.74. The second-order valence-electron chi connectivity index (χ2n) is 12.5. The number of hydrogen-bond donors (Lipinski definition) is 4. The number of rotatable bonds is 2. The van der Waals surface area contributed by atoms with Gasteiger partial charge in [-0.25, -0.2) is 19.2 Å². The second-order valence-corrected chi connectivity index (χ2v) is 12.5. The van der Waals surface area contributed by atoms with Crippen LogP contribution in [0, 0.1) is 0 Å². The maximum atomic E-state index is 12.5. The molecule has 0 spiro atoms. The van der Waals surface area contributed by atoms with Gasteiger partial charge in [0.2, 0.25) is 0 Å². The zero-order valence-electron chi connectivity index (χ0n) is 27.9. The Kier molecular flexibility index (Phi) is 18.6. The number of hydrogen-bond acceptors (Lipinski definition) is 7. The normalized spacial score (nSPS) is 16.3. The topological polar surface area (TPSA) is 179 Å². The third-order valence-corrected chi connectivity index (χ3v) is 6.74. The van der Waals surface area contributed by atoms with Crippen molar-refractivity contribution in [2.24, 2.45) is 0 Å². The van der Waals surface area contributed by atoms with Crippen LogP contribution < -0.4 is 29.5 Å². The molecule has 0 fully saturated rings. The number of carboxylic acids is 1. The van der Waals surface area contributed by atoms with Gasteiger partial charge in [-0.1, -0.05) is 56.0 Å². The van der Waals surface area contributed by atoms with Gasteiger partial charge in [0.25, 0.3) is 0 Å². The van der Waals surface area contributed by atoms with Crippen LogP contribution in [0.1, 0.15) is 71.2 Å². The van der Waals surface area contributed by atoms with Crippen LogP contribution >= 0.6 is 0 Å². The van der Waals surface area contributed by atoms with E-state index in [1.807, 2.05) is 90.1 Å². The van der Waals surface area contributed by atoms with Gasteiger partial charge in [0, 0.05) is 44.1 Å². The monoisotopic (exact) mass is 638 g/mol. The van der Waals surface area contributed by atoms with Crippen molar-refractivity contribution in [1.82, 2.24) is 20.4 Å². The maximum absolute atomic E-state index is 12.5. The molecular weight excluding hydrogens is 587 g/mol. The second kappa shape index (κ2) is 19.2. The molecular formula is C33H51LiN4O8. The van der Waals surface area contributed by atoms with E-state index in [4.69, 9.17) is 9.84 Å². The molecule has 0 radical (unpaired) electrons. The number of aliphatic carboxylic acids is 1. The van der Waals surface area contributed by atoms with E-state index in [-0.39, 0.29) is 55.3 Å². The summed E-state index contributed by atoms with van der Waals surface area (Å²) in [4.78, 5) is 51.1. The Hall–Kier alpha value is -3.56. The van der Waals surface area contributed by atoms with E-state index in [0.29, 0.717) is 25.9 Å². The first kappa shape index (κ1) is 44.6. The average molecular weight is 639 g/mol. The Morgan fingerprint density at radius 1 is 0.717 bits per heavy atom. The average Bonchev–Trinajstić information content (AvgIpc) is 2.95. The summed E-state index contributed by atoms with van der Waals surface area (Å²) < 4.78 is 4.85. The zero-order chi connectivity index (χ0) is 32.5. The Morgan fingerprint density at radius 2 is 1.04 bits per heavy atom. The molecule has 2 aromatic rings. The van der Waals surface area contributed by atoms with Crippen LogP contribution in [0.15, 0.2) is 48.5 Å². The molecule has 46 heavy (non-hydrogen) atoms. The van der Waals surface area contributed by atoms with Gasteiger partial charge in [0.1, 0.15) is 12.1 Å². The predicted molar refractivity (Wildman–Crippen MR) is 172 cm³/mol. The summed E-state index contributed by atoms with van der Waals surface area (Å²) in [5.41, 5.74) is 3.43. The number of aliphatic hydroxyl groups is 1. The summed E-state index contributed by atoms with van der Waals surface area (Å²) in [6.07, 6.45) is 0.837. The summed E-state index contributed by atoms with van der Waals surface area (Å²) in [6.45, 7) is 12.1. The molecule has 12 nitrogen and oxygen atoms in total. The molecule has 252 valence electrons. The third kappa shape index (κ3) is 12.7. The number of ether oxygens (including phenoxy) is 1. The zero-order valence-corrected chi connectivity index (χ0v) is 27.9. The van der Waals surface area contributed by atoms with Gasteiger partial charge in [-0.3, -0.25) is 0 Å². The largest absolute Gasteiger partial charge is 1.00 e. The fraction of sp³-hybridized carbons (Fsp3) is 0.515. The smallest absolute Gasteiger partial charge is 0.870 e. The van der Waals surface area contributed by atoms with Crippen molar-refractivity contribution >= 4 is 24.0 Å². The molecule has 13 heteroatoms. The van der Waals surface area contributed by atoms with Gasteiger partial charge in [0.05, 0.1) is 7.11 Å². The van der Waals surface area contributed by atoms with Gasteiger partial charge >= 0.3 is 42.9 Å². The summed E-state index contributed by atoms with van der Waals surface area (Å²) in [6, 6.07) is 13.5. The van der Waals surface area contributed by atoms with Gasteiger partial charge in [-0.05, 0) is 63.8 Å². The Labute approximate surface area is 285 Å². The van der Waals surface area contributed by atoms with Crippen LogP contribution in [-0.4, -0.2) is 86.9 Å². The fourth-order valence-electron chi connectivity index (χ4n) is 4.83. The molecule has 2 aliphatic rings. The van der Waals surface area contributed by atoms with E-state index in [1.165, 1.54) is 12.0 Å². The minimum absolute atomic E-state index is 0. The number of benzene rings is 2. The number of nitrogens with one attached hydrogen (secondary N) is 2. The predicted octanol–water partition coefficient (Wildman–Crippen LogP) is 1.17. The van der Waals surface area contributed by atoms with Crippen molar-refractivity contribution in [3.63, 3.8) is 0 Å². The van der Waals surface area contributed by atoms with E-state index in [1.54, 1.807) is 4.90 Å². The Morgan fingerprint density at radius 3 is 1.37 bits per heavy atom. The number of nitrogens with zero attached hydrogens (tertiary/aromatic N) is 2. The summed E-state index contributed by atoms with van der Waals surface area (Å²) >= 11 is 0. The number of carboxylic acid groups (broad SMARTS) is 1. The number of urea groups is 2. The fourth-order valence-corrected chi connectivity index (χ4v) is 4.83. The molecule has 2 aliphatic heterocycles. The van der Waals surface area contributed by atoms with Gasteiger partial charge < -0.3 is 40.9 Å². The standard InChI is InChI=1S/C16H22N2O3.C15H20N2O3.CH4O.CH4.Li.H2O/c1-16(2,3)17-15(20)18-10-12-8-6-5-7-11(12)9-13(18)14(19)21-4;1-15(2,3)16-14(20)17-9-11-7-5-4-6-10(11)8-12(17)13(18)19;1-2;;;/h5-8,13H,9-10H2,1-4H3,(H,17,20);4-7,12H,8-9H2,1-3H3,(H,16,20)(H,18,19);2H,1H3;1H4;;1H2/q;;;;+1;/p-1. The van der Waals surface area contributed by atoms with E-state index >= 15 is 0 Å². The number of carbonyl (C=O) groups is 4. The summed E-state index contributed by atoms with van der Waals surface area (Å²) in [7, 11) is 2.35. The number of fused-ring (bicyclic) bond motifs is 2. The molecule has 0 aliphatic carbocycles. The number of esters is 1. The van der Waals surface area contributed by atoms with E-state index in [2.05, 4.69) is 10.6 Å². The van der Waals surface area contributed by atoms with E-state index < -0.39 is 23.6 Å². The number of amides is 4. The number of methoxy groups -OCH3 is 1. The van der Waals surface area contributed by atoms with Crippen LogP contribution in [0.2, 0.25) is 0 Å². The van der Waals surface area contributed by atoms with E-state index in [0.717, 1.165) is 29.4 Å². The first-order valence-corrected chi connectivity index (χ1v) is 14.2. The molecule has 2 heterocycles. The van der Waals surface area contributed by atoms with Crippen molar-refractivity contribution in [2.75, 3.05) is 14.2 Å². The SMILES string of the molecule is C.CC(C)(C)NC(=O)N1Cc2ccccc2CC1C(=O)O.CO.COC(=O)C1Cc2ccccc2CN1C(=O)NC(C)(C)C.[Li+].[OH-]. The first-order chi connectivity index (χ1) is 20.1. The Bertz CT molecular complexity index is 1290. The van der Waals surface area contributed by atoms with Crippen molar-refractivity contribution in [3.05, 3.63) is 70.8 Å². The molecule has 5 N–H and O–H groups in total. The van der Waals surface area contributed by atoms with Crippen molar-refractivity contribution < 1.29 is 58.5 Å². The molecule has 0 saturated heterocycles. The van der Waals surface area contributed by atoms with Crippen molar-refractivity contribution in [2.45, 2.75) is 98.1 Å². The molecule has 2 unspecified atom stereocenters.